The van der Waals surface area contributed by atoms with Gasteiger partial charge in [0.05, 0.1) is 17.5 Å². The third kappa shape index (κ3) is 5.37. The number of hydrogen-bond donors (Lipinski definition) is 0. The van der Waals surface area contributed by atoms with Crippen LogP contribution in [0.15, 0.2) is 66.7 Å². The smallest absolute Gasteiger partial charge is 0.154 e. The van der Waals surface area contributed by atoms with E-state index in [0.717, 1.165) is 12.1 Å². The first kappa shape index (κ1) is 22.5. The molecule has 0 amide bonds. The van der Waals surface area contributed by atoms with Gasteiger partial charge in [0, 0.05) is 19.2 Å². The van der Waals surface area contributed by atoms with Crippen molar-refractivity contribution in [3.8, 4) is 0 Å². The molecule has 0 aromatic heterocycles. The molecule has 8 heteroatoms. The van der Waals surface area contributed by atoms with Gasteiger partial charge in [0.15, 0.2) is 9.84 Å². The average Bonchev–Trinajstić information content (AvgIpc) is 2.65. The molecule has 0 saturated carbocycles. The van der Waals surface area contributed by atoms with Crippen LogP contribution >= 0.6 is 0 Å². The molecule has 32 heavy (non-hydrogen) atoms. The second-order valence-corrected chi connectivity index (χ2v) is 10.3. The molecule has 3 aromatic carbocycles. The van der Waals surface area contributed by atoms with Crippen LogP contribution in [0.3, 0.4) is 0 Å². The highest BCUT2D eigenvalue weighted by Crippen LogP contribution is 2.35. The minimum atomic E-state index is -3.60. The van der Waals surface area contributed by atoms with Crippen molar-refractivity contribution < 1.29 is 26.0 Å². The lowest BCUT2D eigenvalue weighted by molar-refractivity contribution is 0.0809. The normalized spacial score (nSPS) is 15.2. The van der Waals surface area contributed by atoms with Crippen molar-refractivity contribution in [2.75, 3.05) is 18.8 Å². The number of halogens is 4. The molecule has 3 nitrogen and oxygen atoms in total. The van der Waals surface area contributed by atoms with Crippen LogP contribution < -0.4 is 0 Å². The first-order valence-electron chi connectivity index (χ1n) is 10.1. The van der Waals surface area contributed by atoms with E-state index in [4.69, 9.17) is 0 Å². The fourth-order valence-corrected chi connectivity index (χ4v) is 5.98. The van der Waals surface area contributed by atoms with Crippen molar-refractivity contribution in [2.24, 2.45) is 5.92 Å². The zero-order chi connectivity index (χ0) is 22.9. The molecule has 1 aliphatic rings. The maximum Gasteiger partial charge on any atom is 0.154 e. The Hall–Kier alpha value is -2.71. The van der Waals surface area contributed by atoms with Gasteiger partial charge < -0.3 is 0 Å². The van der Waals surface area contributed by atoms with Crippen LogP contribution in [-0.2, 0) is 15.6 Å². The highest BCUT2D eigenvalue weighted by molar-refractivity contribution is 7.90. The predicted octanol–water partition coefficient (Wildman–Crippen LogP) is 4.88. The maximum atomic E-state index is 13.8. The molecule has 168 valence electrons. The van der Waals surface area contributed by atoms with E-state index in [1.807, 2.05) is 4.90 Å². The molecule has 1 saturated heterocycles. The fraction of sp³-hybridized carbons (Fsp3) is 0.250. The van der Waals surface area contributed by atoms with Crippen molar-refractivity contribution >= 4 is 9.84 Å². The Kier molecular flexibility index (Phi) is 6.35. The summed E-state index contributed by atoms with van der Waals surface area (Å²) in [6.45, 7) is 0.822. The summed E-state index contributed by atoms with van der Waals surface area (Å²) in [4.78, 5) is 1.96. The van der Waals surface area contributed by atoms with Crippen LogP contribution in [0.5, 0.6) is 0 Å². The number of nitrogens with zero attached hydrogens (tertiary/aromatic N) is 1. The highest BCUT2D eigenvalue weighted by atomic mass is 32.2. The average molecular weight is 463 g/mol. The third-order valence-electron chi connectivity index (χ3n) is 5.48. The zero-order valence-corrected chi connectivity index (χ0v) is 17.8. The molecule has 1 aliphatic heterocycles. The lowest BCUT2D eigenvalue weighted by Gasteiger charge is -2.44. The van der Waals surface area contributed by atoms with E-state index in [1.54, 1.807) is 24.3 Å². The van der Waals surface area contributed by atoms with Gasteiger partial charge in [-0.15, -0.1) is 0 Å². The van der Waals surface area contributed by atoms with E-state index in [-0.39, 0.29) is 17.2 Å². The van der Waals surface area contributed by atoms with Crippen molar-refractivity contribution in [3.63, 3.8) is 0 Å². The molecule has 4 rings (SSSR count). The number of sulfone groups is 1. The lowest BCUT2D eigenvalue weighted by Crippen LogP contribution is -2.51. The van der Waals surface area contributed by atoms with Gasteiger partial charge in [0.25, 0.3) is 0 Å². The number of rotatable bonds is 7. The SMILES string of the molecule is O=S(=O)(Cc1cc(F)cc(F)c1)CC1CN(C(c2cccc(F)c2)c2cccc(F)c2)C1. The second-order valence-electron chi connectivity index (χ2n) is 8.16. The molecular formula is C24H21F4NO2S. The summed E-state index contributed by atoms with van der Waals surface area (Å²) in [7, 11) is -3.60. The molecule has 0 N–H and O–H groups in total. The fourth-order valence-electron chi connectivity index (χ4n) is 4.26. The Morgan fingerprint density at radius 2 is 1.31 bits per heavy atom. The number of likely N-dealkylation sites (tertiary alicyclic amines) is 1. The van der Waals surface area contributed by atoms with Crippen molar-refractivity contribution in [1.29, 1.82) is 0 Å². The van der Waals surface area contributed by atoms with Gasteiger partial charge >= 0.3 is 0 Å². The third-order valence-corrected chi connectivity index (χ3v) is 7.23. The van der Waals surface area contributed by atoms with Crippen LogP contribution in [0.1, 0.15) is 22.7 Å². The maximum absolute atomic E-state index is 13.8. The summed E-state index contributed by atoms with van der Waals surface area (Å²) < 4.78 is 79.6. The standard InChI is InChI=1S/C24H21F4NO2S/c25-20-5-1-3-18(9-20)24(19-4-2-6-21(26)10-19)29-12-17(13-29)15-32(30,31)14-16-7-22(27)11-23(28)8-16/h1-11,17,24H,12-15H2. The van der Waals surface area contributed by atoms with Crippen molar-refractivity contribution in [3.05, 3.63) is 107 Å². The second kappa shape index (κ2) is 9.03. The summed E-state index contributed by atoms with van der Waals surface area (Å²) in [6, 6.07) is 14.4. The molecule has 1 fully saturated rings. The van der Waals surface area contributed by atoms with E-state index in [1.165, 1.54) is 24.3 Å². The van der Waals surface area contributed by atoms with Crippen LogP contribution in [0.4, 0.5) is 17.6 Å². The van der Waals surface area contributed by atoms with E-state index < -0.39 is 44.9 Å². The molecule has 0 bridgehead atoms. The highest BCUT2D eigenvalue weighted by Gasteiger charge is 2.36. The summed E-state index contributed by atoms with van der Waals surface area (Å²) in [5.74, 6) is -3.24. The molecule has 0 spiro atoms. The van der Waals surface area contributed by atoms with Crippen LogP contribution in [0, 0.1) is 29.2 Å². The number of benzene rings is 3. The molecular weight excluding hydrogens is 442 g/mol. The van der Waals surface area contributed by atoms with Gasteiger partial charge in [-0.25, -0.2) is 26.0 Å². The summed E-state index contributed by atoms with van der Waals surface area (Å²) >= 11 is 0. The molecule has 0 aliphatic carbocycles. The molecule has 0 atom stereocenters. The van der Waals surface area contributed by atoms with Gasteiger partial charge in [-0.1, -0.05) is 24.3 Å². The van der Waals surface area contributed by atoms with Crippen molar-refractivity contribution in [2.45, 2.75) is 11.8 Å². The lowest BCUT2D eigenvalue weighted by atomic mass is 9.91. The molecule has 0 unspecified atom stereocenters. The van der Waals surface area contributed by atoms with E-state index in [2.05, 4.69) is 0 Å². The van der Waals surface area contributed by atoms with Gasteiger partial charge in [0.2, 0.25) is 0 Å². The summed E-state index contributed by atoms with van der Waals surface area (Å²) in [6.07, 6.45) is 0. The van der Waals surface area contributed by atoms with Gasteiger partial charge in [-0.3, -0.25) is 4.90 Å². The van der Waals surface area contributed by atoms with Crippen LogP contribution in [-0.4, -0.2) is 32.2 Å². The number of hydrogen-bond acceptors (Lipinski definition) is 3. The Morgan fingerprint density at radius 3 is 1.81 bits per heavy atom. The first-order chi connectivity index (χ1) is 15.2. The van der Waals surface area contributed by atoms with Gasteiger partial charge in [0.1, 0.15) is 23.3 Å². The Morgan fingerprint density at radius 1 is 0.781 bits per heavy atom. The van der Waals surface area contributed by atoms with Gasteiger partial charge in [-0.2, -0.15) is 0 Å². The van der Waals surface area contributed by atoms with E-state index in [0.29, 0.717) is 30.3 Å². The van der Waals surface area contributed by atoms with Gasteiger partial charge in [-0.05, 0) is 59.0 Å². The Labute approximate surface area is 184 Å². The van der Waals surface area contributed by atoms with Crippen LogP contribution in [0.25, 0.3) is 0 Å². The largest absolute Gasteiger partial charge is 0.292 e. The minimum absolute atomic E-state index is 0.0658. The molecule has 1 heterocycles. The van der Waals surface area contributed by atoms with Crippen LogP contribution in [0.2, 0.25) is 0 Å². The minimum Gasteiger partial charge on any atom is -0.292 e. The quantitative estimate of drug-likeness (QED) is 0.469. The summed E-state index contributed by atoms with van der Waals surface area (Å²) in [5, 5.41) is 0. The first-order valence-corrected chi connectivity index (χ1v) is 11.9. The predicted molar refractivity (Wildman–Crippen MR) is 114 cm³/mol. The Bertz CT molecular complexity index is 1160. The van der Waals surface area contributed by atoms with E-state index >= 15 is 0 Å². The van der Waals surface area contributed by atoms with Crippen molar-refractivity contribution in [1.82, 2.24) is 4.90 Å². The topological polar surface area (TPSA) is 37.4 Å². The van der Waals surface area contributed by atoms with E-state index in [9.17, 15) is 26.0 Å². The Balaban J connectivity index is 1.48. The zero-order valence-electron chi connectivity index (χ0n) is 17.0. The molecule has 0 radical (unpaired) electrons. The molecule has 3 aromatic rings. The monoisotopic (exact) mass is 463 g/mol. The summed E-state index contributed by atoms with van der Waals surface area (Å²) in [5.41, 5.74) is 1.36.